The average Bonchev–Trinajstić information content (AvgIpc) is 2.27. The van der Waals surface area contributed by atoms with Gasteiger partial charge in [0, 0.05) is 20.6 Å². The van der Waals surface area contributed by atoms with Crippen molar-refractivity contribution in [3.8, 4) is 0 Å². The quantitative estimate of drug-likeness (QED) is 0.507. The molecule has 0 N–H and O–H groups in total. The fraction of sp³-hybridized carbons (Fsp3) is 0.778. The molecular formula is C9H17O6P. The molecule has 0 aromatic rings. The highest BCUT2D eigenvalue weighted by atomic mass is 31.2. The Morgan fingerprint density at radius 1 is 1.25 bits per heavy atom. The van der Waals surface area contributed by atoms with Gasteiger partial charge in [0.25, 0.3) is 0 Å². The number of phosphoric acid groups is 1. The van der Waals surface area contributed by atoms with Crippen LogP contribution >= 0.6 is 7.82 Å². The number of rotatable bonds is 7. The van der Waals surface area contributed by atoms with Crippen LogP contribution in [0.15, 0.2) is 0 Å². The molecule has 0 saturated carbocycles. The van der Waals surface area contributed by atoms with E-state index in [9.17, 15) is 14.2 Å². The largest absolute Gasteiger partial charge is 0.475 e. The molecule has 0 bridgehead atoms. The molecule has 0 aliphatic rings. The van der Waals surface area contributed by atoms with Crippen molar-refractivity contribution in [2.75, 3.05) is 14.2 Å². The Morgan fingerprint density at radius 2 is 1.69 bits per heavy atom. The minimum atomic E-state index is -3.87. The molecule has 0 aromatic heterocycles. The van der Waals surface area contributed by atoms with E-state index >= 15 is 0 Å². The first-order valence-electron chi connectivity index (χ1n) is 4.72. The number of carbonyl (C=O) groups excluding carboxylic acids is 2. The van der Waals surface area contributed by atoms with E-state index < -0.39 is 25.0 Å². The second kappa shape index (κ2) is 5.68. The number of hydrogen-bond donors (Lipinski definition) is 0. The van der Waals surface area contributed by atoms with E-state index in [0.717, 1.165) is 14.2 Å². The van der Waals surface area contributed by atoms with Crippen molar-refractivity contribution in [3.05, 3.63) is 0 Å². The third kappa shape index (κ3) is 3.22. The number of ketones is 2. The highest BCUT2D eigenvalue weighted by Gasteiger charge is 2.45. The fourth-order valence-electron chi connectivity index (χ4n) is 1.02. The van der Waals surface area contributed by atoms with Gasteiger partial charge in [-0.05, 0) is 13.8 Å². The molecule has 1 unspecified atom stereocenters. The Kier molecular flexibility index (Phi) is 5.49. The molecule has 0 fully saturated rings. The van der Waals surface area contributed by atoms with E-state index in [4.69, 9.17) is 4.52 Å². The lowest BCUT2D eigenvalue weighted by Gasteiger charge is -2.27. The fourth-order valence-corrected chi connectivity index (χ4v) is 2.00. The van der Waals surface area contributed by atoms with Gasteiger partial charge in [-0.25, -0.2) is 4.57 Å². The summed E-state index contributed by atoms with van der Waals surface area (Å²) in [4.78, 5) is 23.0. The maximum Gasteiger partial charge on any atom is 0.475 e. The molecule has 0 spiro atoms. The molecule has 6 nitrogen and oxygen atoms in total. The highest BCUT2D eigenvalue weighted by Crippen LogP contribution is 2.51. The highest BCUT2D eigenvalue weighted by molar-refractivity contribution is 7.48. The van der Waals surface area contributed by atoms with Gasteiger partial charge in [0.2, 0.25) is 0 Å². The number of Topliss-reactive ketones (excluding diaryl/α,β-unsaturated/α-hetero) is 2. The first kappa shape index (κ1) is 15.4. The average molecular weight is 252 g/mol. The van der Waals surface area contributed by atoms with E-state index in [0.29, 0.717) is 0 Å². The predicted molar refractivity (Wildman–Crippen MR) is 57.1 cm³/mol. The number of phosphoric ester groups is 1. The molecule has 0 aromatic carbocycles. The van der Waals surface area contributed by atoms with Gasteiger partial charge >= 0.3 is 7.82 Å². The van der Waals surface area contributed by atoms with Gasteiger partial charge in [0.05, 0.1) is 0 Å². The summed E-state index contributed by atoms with van der Waals surface area (Å²) >= 11 is 0. The van der Waals surface area contributed by atoms with Crippen LogP contribution in [0.1, 0.15) is 27.2 Å². The van der Waals surface area contributed by atoms with Crippen molar-refractivity contribution in [3.63, 3.8) is 0 Å². The van der Waals surface area contributed by atoms with Crippen LogP contribution < -0.4 is 0 Å². The summed E-state index contributed by atoms with van der Waals surface area (Å²) < 4.78 is 25.7. The Hall–Kier alpha value is -0.550. The predicted octanol–water partition coefficient (Wildman–Crippen LogP) is 1.73. The molecular weight excluding hydrogens is 235 g/mol. The summed E-state index contributed by atoms with van der Waals surface area (Å²) in [5.74, 6) is -1.02. The van der Waals surface area contributed by atoms with Crippen molar-refractivity contribution in [1.82, 2.24) is 0 Å². The first-order chi connectivity index (χ1) is 7.25. The zero-order chi connectivity index (χ0) is 13.0. The van der Waals surface area contributed by atoms with E-state index in [-0.39, 0.29) is 6.42 Å². The van der Waals surface area contributed by atoms with Crippen molar-refractivity contribution in [1.29, 1.82) is 0 Å². The van der Waals surface area contributed by atoms with Crippen molar-refractivity contribution >= 4 is 19.4 Å². The van der Waals surface area contributed by atoms with Crippen LogP contribution in [0.4, 0.5) is 0 Å². The van der Waals surface area contributed by atoms with Gasteiger partial charge in [-0.2, -0.15) is 0 Å². The SMILES string of the molecule is CCC(=O)C(C)(OP(=O)(OC)OC)C(C)=O. The first-order valence-corrected chi connectivity index (χ1v) is 6.18. The molecule has 94 valence electrons. The number of carbonyl (C=O) groups is 2. The molecule has 16 heavy (non-hydrogen) atoms. The molecule has 0 amide bonds. The lowest BCUT2D eigenvalue weighted by molar-refractivity contribution is -0.146. The van der Waals surface area contributed by atoms with Gasteiger partial charge in [-0.15, -0.1) is 0 Å². The Bertz CT molecular complexity index is 318. The maximum absolute atomic E-state index is 11.7. The van der Waals surface area contributed by atoms with E-state index in [1.807, 2.05) is 0 Å². The minimum Gasteiger partial charge on any atom is -0.296 e. The molecule has 0 saturated heterocycles. The topological polar surface area (TPSA) is 78.9 Å². The van der Waals surface area contributed by atoms with Gasteiger partial charge in [-0.1, -0.05) is 6.92 Å². The zero-order valence-electron chi connectivity index (χ0n) is 10.1. The lowest BCUT2D eigenvalue weighted by atomic mass is 9.95. The van der Waals surface area contributed by atoms with Crippen molar-refractivity contribution < 1.29 is 27.7 Å². The van der Waals surface area contributed by atoms with E-state index in [1.165, 1.54) is 13.8 Å². The summed E-state index contributed by atoms with van der Waals surface area (Å²) in [6.45, 7) is 4.02. The van der Waals surface area contributed by atoms with Crippen molar-refractivity contribution in [2.45, 2.75) is 32.8 Å². The van der Waals surface area contributed by atoms with Gasteiger partial charge in [0.1, 0.15) is 0 Å². The third-order valence-corrected chi connectivity index (χ3v) is 3.75. The normalized spacial score (nSPS) is 15.6. The Labute approximate surface area is 94.9 Å². The molecule has 1 atom stereocenters. The lowest BCUT2D eigenvalue weighted by Crippen LogP contribution is -2.44. The minimum absolute atomic E-state index is 0.0868. The third-order valence-electron chi connectivity index (χ3n) is 2.27. The molecule has 0 rings (SSSR count). The van der Waals surface area contributed by atoms with E-state index in [2.05, 4.69) is 9.05 Å². The monoisotopic (exact) mass is 252 g/mol. The van der Waals surface area contributed by atoms with Crippen LogP contribution in [0.3, 0.4) is 0 Å². The van der Waals surface area contributed by atoms with Crippen LogP contribution in [0.5, 0.6) is 0 Å². The smallest absolute Gasteiger partial charge is 0.296 e. The standard InChI is InChI=1S/C9H17O6P/c1-6-8(11)9(3,7(2)10)15-16(12,13-4)14-5/h6H2,1-5H3. The van der Waals surface area contributed by atoms with Crippen molar-refractivity contribution in [2.24, 2.45) is 0 Å². The zero-order valence-corrected chi connectivity index (χ0v) is 11.0. The van der Waals surface area contributed by atoms with Crippen LogP contribution in [0.25, 0.3) is 0 Å². The Balaban J connectivity index is 5.18. The molecule has 7 heteroatoms. The summed E-state index contributed by atoms with van der Waals surface area (Å²) in [5, 5.41) is 0. The molecule has 0 aliphatic heterocycles. The summed E-state index contributed by atoms with van der Waals surface area (Å²) in [6, 6.07) is 0. The Morgan fingerprint density at radius 3 is 1.94 bits per heavy atom. The summed E-state index contributed by atoms with van der Waals surface area (Å²) in [5.41, 5.74) is -1.80. The molecule has 0 heterocycles. The molecule has 0 radical (unpaired) electrons. The van der Waals surface area contributed by atoms with Gasteiger partial charge < -0.3 is 0 Å². The molecule has 0 aliphatic carbocycles. The second-order valence-electron chi connectivity index (χ2n) is 3.27. The number of hydrogen-bond acceptors (Lipinski definition) is 6. The van der Waals surface area contributed by atoms with Gasteiger partial charge in [0.15, 0.2) is 17.2 Å². The van der Waals surface area contributed by atoms with Gasteiger partial charge in [-0.3, -0.25) is 23.2 Å². The van der Waals surface area contributed by atoms with E-state index in [1.54, 1.807) is 6.92 Å². The summed E-state index contributed by atoms with van der Waals surface area (Å²) in [6.07, 6.45) is 0.0868. The second-order valence-corrected chi connectivity index (χ2v) is 5.08. The van der Waals surface area contributed by atoms with Crippen LogP contribution in [-0.4, -0.2) is 31.4 Å². The maximum atomic E-state index is 11.7. The van der Waals surface area contributed by atoms with Crippen LogP contribution in [0.2, 0.25) is 0 Å². The van der Waals surface area contributed by atoms with Crippen LogP contribution in [-0.2, 0) is 27.7 Å². The summed E-state index contributed by atoms with van der Waals surface area (Å²) in [7, 11) is -1.64. The van der Waals surface area contributed by atoms with Crippen LogP contribution in [0, 0.1) is 0 Å².